The van der Waals surface area contributed by atoms with Crippen molar-refractivity contribution in [1.82, 2.24) is 9.38 Å². The average molecular weight is 422 g/mol. The summed E-state index contributed by atoms with van der Waals surface area (Å²) in [6.45, 7) is 2.17. The SMILES string of the molecule is COc1cc(Cl)c(C)cc1NC(=O)c1cccc(OCc2cn3ccccc3n2)c1. The Kier molecular flexibility index (Phi) is 5.59. The highest BCUT2D eigenvalue weighted by atomic mass is 35.5. The van der Waals surface area contributed by atoms with Gasteiger partial charge in [0.05, 0.1) is 18.5 Å². The fourth-order valence-corrected chi connectivity index (χ4v) is 3.22. The van der Waals surface area contributed by atoms with Crippen LogP contribution in [0.5, 0.6) is 11.5 Å². The molecule has 1 amide bonds. The number of hydrogen-bond donors (Lipinski definition) is 1. The quantitative estimate of drug-likeness (QED) is 0.468. The average Bonchev–Trinajstić information content (AvgIpc) is 3.18. The zero-order valence-corrected chi connectivity index (χ0v) is 17.3. The van der Waals surface area contributed by atoms with Crippen LogP contribution in [-0.4, -0.2) is 22.4 Å². The number of imidazole rings is 1. The lowest BCUT2D eigenvalue weighted by Crippen LogP contribution is -2.13. The summed E-state index contributed by atoms with van der Waals surface area (Å²) in [5, 5.41) is 3.45. The fourth-order valence-electron chi connectivity index (χ4n) is 3.07. The molecule has 30 heavy (non-hydrogen) atoms. The van der Waals surface area contributed by atoms with Crippen LogP contribution in [0.3, 0.4) is 0 Å². The van der Waals surface area contributed by atoms with E-state index < -0.39 is 0 Å². The first-order valence-electron chi connectivity index (χ1n) is 9.34. The van der Waals surface area contributed by atoms with Gasteiger partial charge in [0.2, 0.25) is 0 Å². The number of nitrogens with zero attached hydrogens (tertiary/aromatic N) is 2. The number of benzene rings is 2. The highest BCUT2D eigenvalue weighted by Crippen LogP contribution is 2.31. The van der Waals surface area contributed by atoms with Crippen LogP contribution in [0, 0.1) is 6.92 Å². The van der Waals surface area contributed by atoms with Gasteiger partial charge in [-0.05, 0) is 48.9 Å². The van der Waals surface area contributed by atoms with Crippen LogP contribution in [-0.2, 0) is 6.61 Å². The van der Waals surface area contributed by atoms with E-state index in [4.69, 9.17) is 21.1 Å². The van der Waals surface area contributed by atoms with Gasteiger partial charge in [0.25, 0.3) is 5.91 Å². The van der Waals surface area contributed by atoms with Crippen LogP contribution in [0.15, 0.2) is 67.0 Å². The molecule has 2 heterocycles. The van der Waals surface area contributed by atoms with Crippen molar-refractivity contribution in [1.29, 1.82) is 0 Å². The number of pyridine rings is 1. The molecule has 0 atom stereocenters. The molecule has 2 aromatic heterocycles. The fraction of sp³-hybridized carbons (Fsp3) is 0.130. The van der Waals surface area contributed by atoms with Crippen molar-refractivity contribution in [2.45, 2.75) is 13.5 Å². The predicted molar refractivity (Wildman–Crippen MR) is 117 cm³/mol. The molecule has 0 aliphatic heterocycles. The van der Waals surface area contributed by atoms with Gasteiger partial charge in [-0.2, -0.15) is 0 Å². The van der Waals surface area contributed by atoms with Gasteiger partial charge in [-0.1, -0.05) is 23.7 Å². The second kappa shape index (κ2) is 8.47. The molecule has 0 saturated carbocycles. The maximum atomic E-state index is 12.8. The Morgan fingerprint density at radius 2 is 2.03 bits per heavy atom. The van der Waals surface area contributed by atoms with Crippen LogP contribution in [0.25, 0.3) is 5.65 Å². The Hall–Kier alpha value is -3.51. The van der Waals surface area contributed by atoms with Crippen molar-refractivity contribution in [3.8, 4) is 11.5 Å². The summed E-state index contributed by atoms with van der Waals surface area (Å²) < 4.78 is 13.1. The lowest BCUT2D eigenvalue weighted by molar-refractivity contribution is 0.102. The number of amides is 1. The van der Waals surface area contributed by atoms with Crippen molar-refractivity contribution < 1.29 is 14.3 Å². The molecule has 152 valence electrons. The summed E-state index contributed by atoms with van der Waals surface area (Å²) in [5.41, 5.74) is 3.53. The lowest BCUT2D eigenvalue weighted by atomic mass is 10.1. The van der Waals surface area contributed by atoms with Crippen molar-refractivity contribution in [2.24, 2.45) is 0 Å². The van der Waals surface area contributed by atoms with Crippen molar-refractivity contribution >= 4 is 28.8 Å². The minimum atomic E-state index is -0.270. The van der Waals surface area contributed by atoms with Gasteiger partial charge in [-0.3, -0.25) is 4.79 Å². The first-order valence-corrected chi connectivity index (χ1v) is 9.72. The summed E-state index contributed by atoms with van der Waals surface area (Å²) in [6, 6.07) is 16.3. The number of anilines is 1. The standard InChI is InChI=1S/C23H20ClN3O3/c1-15-10-20(21(29-2)12-19(15)24)26-23(28)16-6-5-7-18(11-16)30-14-17-13-27-9-4-3-8-22(27)25-17/h3-13H,14H2,1-2H3,(H,26,28). The molecule has 0 bridgehead atoms. The van der Waals surface area contributed by atoms with Crippen LogP contribution in [0.2, 0.25) is 5.02 Å². The minimum Gasteiger partial charge on any atom is -0.495 e. The second-order valence-corrected chi connectivity index (χ2v) is 7.18. The van der Waals surface area contributed by atoms with E-state index in [9.17, 15) is 4.79 Å². The van der Waals surface area contributed by atoms with Crippen molar-refractivity contribution in [3.05, 3.63) is 88.8 Å². The largest absolute Gasteiger partial charge is 0.495 e. The molecule has 6 nitrogen and oxygen atoms in total. The maximum Gasteiger partial charge on any atom is 0.255 e. The molecule has 2 aromatic carbocycles. The van der Waals surface area contributed by atoms with Gasteiger partial charge in [0.15, 0.2) is 0 Å². The summed E-state index contributed by atoms with van der Waals surface area (Å²) >= 11 is 6.13. The third kappa shape index (κ3) is 4.23. The second-order valence-electron chi connectivity index (χ2n) is 6.77. The van der Waals surface area contributed by atoms with Crippen LogP contribution >= 0.6 is 11.6 Å². The van der Waals surface area contributed by atoms with Gasteiger partial charge < -0.3 is 19.2 Å². The number of ether oxygens (including phenoxy) is 2. The zero-order chi connectivity index (χ0) is 21.1. The van der Waals surface area contributed by atoms with Gasteiger partial charge in [0, 0.05) is 29.0 Å². The summed E-state index contributed by atoms with van der Waals surface area (Å²) in [7, 11) is 1.53. The Balaban J connectivity index is 1.47. The van der Waals surface area contributed by atoms with Gasteiger partial charge in [0.1, 0.15) is 23.8 Å². The first kappa shape index (κ1) is 19.8. The minimum absolute atomic E-state index is 0.270. The normalized spacial score (nSPS) is 10.8. The van der Waals surface area contributed by atoms with Crippen molar-refractivity contribution in [2.75, 3.05) is 12.4 Å². The smallest absolute Gasteiger partial charge is 0.255 e. The molecule has 0 aliphatic rings. The number of fused-ring (bicyclic) bond motifs is 1. The van der Waals surface area contributed by atoms with Crippen molar-refractivity contribution in [3.63, 3.8) is 0 Å². The molecule has 4 aromatic rings. The number of rotatable bonds is 6. The number of halogens is 1. The summed E-state index contributed by atoms with van der Waals surface area (Å²) in [5.74, 6) is 0.811. The molecule has 4 rings (SSSR count). The Labute approximate surface area is 179 Å². The number of carbonyl (C=O) groups excluding carboxylic acids is 1. The van der Waals surface area contributed by atoms with Crippen LogP contribution < -0.4 is 14.8 Å². The lowest BCUT2D eigenvalue weighted by Gasteiger charge is -2.13. The Bertz CT molecular complexity index is 1190. The molecule has 0 radical (unpaired) electrons. The summed E-state index contributed by atoms with van der Waals surface area (Å²) in [6.07, 6.45) is 3.85. The molecule has 0 fully saturated rings. The van der Waals surface area contributed by atoms with E-state index in [0.29, 0.717) is 34.4 Å². The van der Waals surface area contributed by atoms with Gasteiger partial charge in [-0.25, -0.2) is 4.98 Å². The monoisotopic (exact) mass is 421 g/mol. The number of aromatic nitrogens is 2. The van der Waals surface area contributed by atoms with Crippen LogP contribution in [0.4, 0.5) is 5.69 Å². The van der Waals surface area contributed by atoms with E-state index in [2.05, 4.69) is 10.3 Å². The molecule has 0 unspecified atom stereocenters. The highest BCUT2D eigenvalue weighted by molar-refractivity contribution is 6.31. The molecule has 0 spiro atoms. The van der Waals surface area contributed by atoms with Gasteiger partial charge in [-0.15, -0.1) is 0 Å². The van der Waals surface area contributed by atoms with E-state index in [1.165, 1.54) is 7.11 Å². The topological polar surface area (TPSA) is 64.9 Å². The molecule has 0 saturated heterocycles. The zero-order valence-electron chi connectivity index (χ0n) is 16.6. The number of hydrogen-bond acceptors (Lipinski definition) is 4. The predicted octanol–water partition coefficient (Wildman–Crippen LogP) is 5.14. The Morgan fingerprint density at radius 1 is 1.17 bits per heavy atom. The third-order valence-electron chi connectivity index (χ3n) is 4.63. The van der Waals surface area contributed by atoms with Gasteiger partial charge >= 0.3 is 0 Å². The van der Waals surface area contributed by atoms with E-state index in [-0.39, 0.29) is 5.91 Å². The maximum absolute atomic E-state index is 12.8. The molecule has 1 N–H and O–H groups in total. The number of carbonyl (C=O) groups is 1. The number of aryl methyl sites for hydroxylation is 1. The molecular formula is C23H20ClN3O3. The van der Waals surface area contributed by atoms with Crippen LogP contribution in [0.1, 0.15) is 21.6 Å². The molecular weight excluding hydrogens is 402 g/mol. The van der Waals surface area contributed by atoms with E-state index in [0.717, 1.165) is 16.9 Å². The highest BCUT2D eigenvalue weighted by Gasteiger charge is 2.13. The van der Waals surface area contributed by atoms with E-state index >= 15 is 0 Å². The molecule has 7 heteroatoms. The Morgan fingerprint density at radius 3 is 2.83 bits per heavy atom. The summed E-state index contributed by atoms with van der Waals surface area (Å²) in [4.78, 5) is 17.3. The number of methoxy groups -OCH3 is 1. The number of nitrogens with one attached hydrogen (secondary N) is 1. The molecule has 0 aliphatic carbocycles. The van der Waals surface area contributed by atoms with E-state index in [1.54, 1.807) is 36.4 Å². The first-order chi connectivity index (χ1) is 14.5. The third-order valence-corrected chi connectivity index (χ3v) is 5.03. The van der Waals surface area contributed by atoms with E-state index in [1.807, 2.05) is 41.9 Å².